The average Bonchev–Trinajstić information content (AvgIpc) is 2.77. The topological polar surface area (TPSA) is 21.7 Å². The van der Waals surface area contributed by atoms with E-state index in [1.165, 1.54) is 27.8 Å². The fourth-order valence-electron chi connectivity index (χ4n) is 2.65. The van der Waals surface area contributed by atoms with Crippen LogP contribution in [0.5, 0.6) is 0 Å². The number of hydrogen-bond donors (Lipinski definition) is 0. The van der Waals surface area contributed by atoms with Gasteiger partial charge in [0.1, 0.15) is 5.69 Å². The summed E-state index contributed by atoms with van der Waals surface area (Å²) in [4.78, 5) is 1.85. The molecule has 112 valence electrons. The van der Waals surface area contributed by atoms with Crippen LogP contribution in [0.1, 0.15) is 19.4 Å². The number of nitrogens with zero attached hydrogens (tertiary/aromatic N) is 3. The normalized spacial score (nSPS) is 10.5. The van der Waals surface area contributed by atoms with E-state index >= 15 is 0 Å². The number of rotatable bonds is 2. The van der Waals surface area contributed by atoms with Crippen LogP contribution < -0.4 is 4.68 Å². The first kappa shape index (κ1) is 15.8. The van der Waals surface area contributed by atoms with Crippen molar-refractivity contribution in [2.45, 2.75) is 13.8 Å². The van der Waals surface area contributed by atoms with Gasteiger partial charge in [-0.1, -0.05) is 49.1 Å². The third kappa shape index (κ3) is 2.63. The summed E-state index contributed by atoms with van der Waals surface area (Å²) in [5.41, 5.74) is 3.69. The van der Waals surface area contributed by atoms with E-state index in [0.29, 0.717) is 0 Å². The van der Waals surface area contributed by atoms with Gasteiger partial charge in [0.2, 0.25) is 6.20 Å². The molecule has 0 aliphatic rings. The molecule has 0 N–H and O–H groups in total. The van der Waals surface area contributed by atoms with Gasteiger partial charge >= 0.3 is 0 Å². The first-order valence-electron chi connectivity index (χ1n) is 6.80. The molecular weight excluding hydrogens is 441 g/mol. The van der Waals surface area contributed by atoms with Crippen LogP contribution in [-0.2, 0) is 35.2 Å². The minimum atomic E-state index is 0. The summed E-state index contributed by atoms with van der Waals surface area (Å²) >= 11 is 0. The quantitative estimate of drug-likeness (QED) is 0.426. The molecule has 0 bridgehead atoms. The van der Waals surface area contributed by atoms with Crippen molar-refractivity contribution in [1.82, 2.24) is 9.90 Å². The van der Waals surface area contributed by atoms with Crippen LogP contribution in [0.25, 0.3) is 22.0 Å². The Morgan fingerprint density at radius 1 is 1.10 bits per heavy atom. The Labute approximate surface area is 139 Å². The maximum atomic E-state index is 4.37. The monoisotopic (exact) mass is 460 g/mol. The summed E-state index contributed by atoms with van der Waals surface area (Å²) in [6, 6.07) is 12.9. The minimum Gasteiger partial charge on any atom is -0.177 e. The zero-order valence-electron chi connectivity index (χ0n) is 12.7. The van der Waals surface area contributed by atoms with Crippen molar-refractivity contribution in [2.24, 2.45) is 14.1 Å². The molecule has 3 aromatic rings. The van der Waals surface area contributed by atoms with Crippen LogP contribution in [0.15, 0.2) is 42.6 Å². The van der Waals surface area contributed by atoms with Gasteiger partial charge in [-0.25, -0.2) is 0 Å². The summed E-state index contributed by atoms with van der Waals surface area (Å²) in [6.07, 6.45) is 1.94. The Hall–Kier alpha value is -1.60. The van der Waals surface area contributed by atoms with E-state index in [4.69, 9.17) is 0 Å². The van der Waals surface area contributed by atoms with Crippen LogP contribution in [0.2, 0.25) is 0 Å². The number of aromatic nitrogens is 3. The van der Waals surface area contributed by atoms with E-state index in [-0.39, 0.29) is 21.1 Å². The molecule has 1 aromatic heterocycles. The summed E-state index contributed by atoms with van der Waals surface area (Å²) in [7, 11) is 4.00. The van der Waals surface area contributed by atoms with Crippen LogP contribution in [0.4, 0.5) is 0 Å². The van der Waals surface area contributed by atoms with Gasteiger partial charge in [-0.15, -0.1) is 6.07 Å². The van der Waals surface area contributed by atoms with Gasteiger partial charge in [0.15, 0.2) is 0 Å². The van der Waals surface area contributed by atoms with Crippen molar-refractivity contribution < 1.29 is 25.7 Å². The fraction of sp³-hybridized carbons (Fsp3) is 0.235. The Bertz CT molecular complexity index is 775. The molecule has 0 amide bonds. The molecule has 2 aromatic carbocycles. The van der Waals surface area contributed by atoms with E-state index in [2.05, 4.69) is 60.0 Å². The van der Waals surface area contributed by atoms with E-state index in [1.54, 1.807) is 0 Å². The Morgan fingerprint density at radius 3 is 2.43 bits per heavy atom. The maximum Gasteiger partial charge on any atom is 0.201 e. The molecule has 0 aliphatic heterocycles. The molecule has 4 heteroatoms. The molecular formula is C17H19N3Pt. The maximum absolute atomic E-state index is 4.37. The zero-order valence-corrected chi connectivity index (χ0v) is 15.0. The number of fused-ring (bicyclic) bond motifs is 1. The van der Waals surface area contributed by atoms with Crippen LogP contribution in [-0.4, -0.2) is 9.90 Å². The molecule has 0 radical (unpaired) electrons. The molecule has 1 heterocycles. The summed E-state index contributed by atoms with van der Waals surface area (Å²) in [6.45, 7) is 4.31. The van der Waals surface area contributed by atoms with Gasteiger partial charge < -0.3 is 0 Å². The first-order chi connectivity index (χ1) is 9.59. The van der Waals surface area contributed by atoms with E-state index in [9.17, 15) is 0 Å². The second kappa shape index (κ2) is 6.03. The molecule has 0 unspecified atom stereocenters. The van der Waals surface area contributed by atoms with Crippen molar-refractivity contribution in [3.05, 3.63) is 54.1 Å². The van der Waals surface area contributed by atoms with Gasteiger partial charge in [-0.05, 0) is 10.2 Å². The smallest absolute Gasteiger partial charge is 0.177 e. The third-order valence-electron chi connectivity index (χ3n) is 3.85. The molecule has 0 atom stereocenters. The van der Waals surface area contributed by atoms with Crippen LogP contribution in [0, 0.1) is 5.92 Å². The van der Waals surface area contributed by atoms with Crippen LogP contribution in [0.3, 0.4) is 0 Å². The van der Waals surface area contributed by atoms with Crippen LogP contribution >= 0.6 is 0 Å². The van der Waals surface area contributed by atoms with Gasteiger partial charge in [0, 0.05) is 26.2 Å². The average molecular weight is 460 g/mol. The Balaban J connectivity index is 0.00000161. The zero-order chi connectivity index (χ0) is 14.3. The molecule has 0 saturated heterocycles. The van der Waals surface area contributed by atoms with Gasteiger partial charge in [-0.2, -0.15) is 22.2 Å². The van der Waals surface area contributed by atoms with Crippen molar-refractivity contribution in [2.75, 3.05) is 0 Å². The minimum absolute atomic E-state index is 0. The van der Waals surface area contributed by atoms with Crippen molar-refractivity contribution >= 4 is 10.8 Å². The third-order valence-corrected chi connectivity index (χ3v) is 3.85. The molecule has 0 spiro atoms. The standard InChI is InChI=1S/C17H19N3.Pt/c1-12(2)14-10-9-13-7-5-6-8-15(13)17(14)16-11-18-20(4)19(16)3;/h5-11H,1-4H3;. The van der Waals surface area contributed by atoms with Crippen molar-refractivity contribution in [3.63, 3.8) is 0 Å². The van der Waals surface area contributed by atoms with Crippen molar-refractivity contribution in [1.29, 1.82) is 0 Å². The first-order valence-corrected chi connectivity index (χ1v) is 6.80. The SMILES string of the molecule is C[C-](C)c1ccc2ccccc2c1-c1cnn(C)[n+]1C.[Pt]. The number of hydrogen-bond acceptors (Lipinski definition) is 1. The molecule has 21 heavy (non-hydrogen) atoms. The molecule has 0 fully saturated rings. The summed E-state index contributed by atoms with van der Waals surface area (Å²) in [5.74, 6) is 1.31. The number of aryl methyl sites for hydroxylation is 1. The summed E-state index contributed by atoms with van der Waals surface area (Å²) < 4.78 is 2.08. The predicted octanol–water partition coefficient (Wildman–Crippen LogP) is 3.02. The van der Waals surface area contributed by atoms with Gasteiger partial charge in [0.25, 0.3) is 0 Å². The Kier molecular flexibility index (Phi) is 4.53. The van der Waals surface area contributed by atoms with Crippen molar-refractivity contribution in [3.8, 4) is 11.3 Å². The largest absolute Gasteiger partial charge is 0.201 e. The second-order valence-corrected chi connectivity index (χ2v) is 5.35. The van der Waals surface area contributed by atoms with Gasteiger partial charge in [-0.3, -0.25) is 0 Å². The predicted molar refractivity (Wildman–Crippen MR) is 81.0 cm³/mol. The molecule has 0 saturated carbocycles. The van der Waals surface area contributed by atoms with E-state index in [1.807, 2.05) is 25.1 Å². The molecule has 3 rings (SSSR count). The van der Waals surface area contributed by atoms with E-state index in [0.717, 1.165) is 5.69 Å². The molecule has 3 nitrogen and oxygen atoms in total. The summed E-state index contributed by atoms with van der Waals surface area (Å²) in [5, 5.41) is 6.90. The van der Waals surface area contributed by atoms with Gasteiger partial charge in [0.05, 0.1) is 14.1 Å². The fourth-order valence-corrected chi connectivity index (χ4v) is 2.65. The second-order valence-electron chi connectivity index (χ2n) is 5.35. The number of benzene rings is 2. The Morgan fingerprint density at radius 2 is 1.81 bits per heavy atom. The molecule has 0 aliphatic carbocycles. The van der Waals surface area contributed by atoms with E-state index < -0.39 is 0 Å².